The number of hydrogen-bond acceptors (Lipinski definition) is 4. The third kappa shape index (κ3) is 4.90. The molecule has 158 valence electrons. The summed E-state index contributed by atoms with van der Waals surface area (Å²) in [6, 6.07) is 2.82. The Kier molecular flexibility index (Phi) is 6.08. The largest absolute Gasteiger partial charge is 0.417 e. The fourth-order valence-corrected chi connectivity index (χ4v) is 5.63. The number of H-pyrrole nitrogens is 1. The third-order valence-electron chi connectivity index (χ3n) is 5.90. The Morgan fingerprint density at radius 2 is 1.76 bits per heavy atom. The smallest absolute Gasteiger partial charge is 0.382 e. The molecule has 4 rings (SSSR count). The molecule has 0 spiro atoms. The predicted octanol–water partition coefficient (Wildman–Crippen LogP) is 5.86. The van der Waals surface area contributed by atoms with Gasteiger partial charge in [0.15, 0.2) is 0 Å². The van der Waals surface area contributed by atoms with E-state index in [0.29, 0.717) is 22.5 Å². The molecule has 0 aliphatic heterocycles. The van der Waals surface area contributed by atoms with Crippen molar-refractivity contribution in [3.05, 3.63) is 33.9 Å². The lowest BCUT2D eigenvalue weighted by Gasteiger charge is -2.21. The van der Waals surface area contributed by atoms with Crippen LogP contribution in [-0.4, -0.2) is 21.3 Å². The van der Waals surface area contributed by atoms with Gasteiger partial charge in [0.2, 0.25) is 0 Å². The number of anilines is 1. The van der Waals surface area contributed by atoms with Crippen LogP contribution < -0.4 is 10.9 Å². The molecule has 2 aliphatic rings. The predicted molar refractivity (Wildman–Crippen MR) is 111 cm³/mol. The van der Waals surface area contributed by atoms with Gasteiger partial charge in [0.1, 0.15) is 5.82 Å². The molecule has 0 amide bonds. The number of nitrogens with zero attached hydrogens (tertiary/aromatic N) is 1. The molecule has 0 radical (unpaired) electrons. The number of aromatic nitrogens is 2. The van der Waals surface area contributed by atoms with Gasteiger partial charge in [0.05, 0.1) is 22.2 Å². The number of hydrogen-bond donors (Lipinski definition) is 2. The van der Waals surface area contributed by atoms with Crippen LogP contribution in [0.25, 0.3) is 10.9 Å². The maximum atomic E-state index is 13.7. The van der Waals surface area contributed by atoms with Crippen molar-refractivity contribution in [2.75, 3.05) is 5.32 Å². The summed E-state index contributed by atoms with van der Waals surface area (Å²) in [7, 11) is 0. The summed E-state index contributed by atoms with van der Waals surface area (Å²) in [5, 5.41) is 3.37. The van der Waals surface area contributed by atoms with E-state index >= 15 is 0 Å². The molecule has 2 aliphatic carbocycles. The second kappa shape index (κ2) is 8.58. The number of fused-ring (bicyclic) bond motifs is 1. The van der Waals surface area contributed by atoms with E-state index in [-0.39, 0.29) is 16.9 Å². The van der Waals surface area contributed by atoms with Crippen LogP contribution in [0.2, 0.25) is 0 Å². The molecule has 8 heteroatoms. The summed E-state index contributed by atoms with van der Waals surface area (Å²) in [6.07, 6.45) is 5.44. The van der Waals surface area contributed by atoms with Crippen molar-refractivity contribution in [2.45, 2.75) is 81.0 Å². The first-order chi connectivity index (χ1) is 13.9. The highest BCUT2D eigenvalue weighted by atomic mass is 32.2. The second-order valence-corrected chi connectivity index (χ2v) is 9.41. The van der Waals surface area contributed by atoms with Crippen LogP contribution in [0.15, 0.2) is 16.9 Å². The minimum Gasteiger partial charge on any atom is -0.382 e. The molecule has 2 N–H and O–H groups in total. The van der Waals surface area contributed by atoms with Gasteiger partial charge in [-0.1, -0.05) is 32.1 Å². The normalized spacial score (nSPS) is 19.1. The van der Waals surface area contributed by atoms with Gasteiger partial charge >= 0.3 is 6.18 Å². The van der Waals surface area contributed by atoms with Gasteiger partial charge in [-0.25, -0.2) is 4.98 Å². The summed E-state index contributed by atoms with van der Waals surface area (Å²) < 4.78 is 41.0. The van der Waals surface area contributed by atoms with Gasteiger partial charge in [0, 0.05) is 17.0 Å². The van der Waals surface area contributed by atoms with E-state index < -0.39 is 17.3 Å². The Bertz CT molecular complexity index is 916. The Morgan fingerprint density at radius 1 is 1.07 bits per heavy atom. The molecule has 2 fully saturated rings. The van der Waals surface area contributed by atoms with Gasteiger partial charge < -0.3 is 10.3 Å². The van der Waals surface area contributed by atoms with Crippen molar-refractivity contribution in [1.82, 2.24) is 9.97 Å². The number of aromatic amines is 1. The number of alkyl halides is 3. The highest BCUT2D eigenvalue weighted by Crippen LogP contribution is 2.36. The summed E-state index contributed by atoms with van der Waals surface area (Å²) >= 11 is 1.74. The minimum atomic E-state index is -4.61. The quantitative estimate of drug-likeness (QED) is 0.630. The van der Waals surface area contributed by atoms with Crippen LogP contribution in [0.3, 0.4) is 0 Å². The van der Waals surface area contributed by atoms with Crippen LogP contribution >= 0.6 is 11.8 Å². The summed E-state index contributed by atoms with van der Waals surface area (Å²) in [6.45, 7) is 0. The van der Waals surface area contributed by atoms with Crippen molar-refractivity contribution < 1.29 is 13.2 Å². The molecule has 0 atom stereocenters. The fourth-order valence-electron chi connectivity index (χ4n) is 4.43. The van der Waals surface area contributed by atoms with E-state index in [1.807, 2.05) is 0 Å². The van der Waals surface area contributed by atoms with Crippen LogP contribution in [0.4, 0.5) is 18.9 Å². The van der Waals surface area contributed by atoms with E-state index in [1.54, 1.807) is 17.8 Å². The molecule has 0 unspecified atom stereocenters. The molecular formula is C21H26F3N3OS. The number of thioether (sulfide) groups is 1. The average Bonchev–Trinajstić information content (AvgIpc) is 3.19. The van der Waals surface area contributed by atoms with E-state index in [4.69, 9.17) is 0 Å². The molecule has 2 aromatic rings. The first-order valence-electron chi connectivity index (χ1n) is 10.4. The van der Waals surface area contributed by atoms with Crippen molar-refractivity contribution in [3.63, 3.8) is 0 Å². The molecule has 0 saturated heterocycles. The zero-order chi connectivity index (χ0) is 20.4. The Balaban J connectivity index is 1.66. The Morgan fingerprint density at radius 3 is 2.45 bits per heavy atom. The third-order valence-corrected chi connectivity index (χ3v) is 7.28. The molecule has 29 heavy (non-hydrogen) atoms. The molecule has 4 nitrogen and oxygen atoms in total. The van der Waals surface area contributed by atoms with Crippen molar-refractivity contribution >= 4 is 28.4 Å². The lowest BCUT2D eigenvalue weighted by atomic mass is 10.0. The molecular weight excluding hydrogens is 399 g/mol. The van der Waals surface area contributed by atoms with Gasteiger partial charge in [-0.05, 0) is 37.8 Å². The lowest BCUT2D eigenvalue weighted by molar-refractivity contribution is -0.136. The van der Waals surface area contributed by atoms with Crippen molar-refractivity contribution in [1.29, 1.82) is 0 Å². The van der Waals surface area contributed by atoms with Crippen LogP contribution in [0, 0.1) is 0 Å². The topological polar surface area (TPSA) is 57.8 Å². The standard InChI is InChI=1S/C21H26F3N3OS/c22-21(23,24)16-10-14(25-13-6-4-5-7-13)11-17-19(16)20(28)27-18(26-17)12-29-15-8-2-1-3-9-15/h10-11,13,15,25H,1-9,12H2,(H,26,27,28). The molecule has 1 aromatic heterocycles. The van der Waals surface area contributed by atoms with E-state index in [2.05, 4.69) is 15.3 Å². The highest BCUT2D eigenvalue weighted by molar-refractivity contribution is 7.99. The summed E-state index contributed by atoms with van der Waals surface area (Å²) in [5.74, 6) is 0.960. The summed E-state index contributed by atoms with van der Waals surface area (Å²) in [4.78, 5) is 19.5. The van der Waals surface area contributed by atoms with Crippen LogP contribution in [-0.2, 0) is 11.9 Å². The minimum absolute atomic E-state index is 0.114. The average molecular weight is 426 g/mol. The Labute approximate surface area is 172 Å². The number of benzene rings is 1. The number of halogens is 3. The van der Waals surface area contributed by atoms with E-state index in [9.17, 15) is 18.0 Å². The zero-order valence-electron chi connectivity index (χ0n) is 16.3. The van der Waals surface area contributed by atoms with Crippen LogP contribution in [0.5, 0.6) is 0 Å². The monoisotopic (exact) mass is 425 g/mol. The van der Waals surface area contributed by atoms with Crippen LogP contribution in [0.1, 0.15) is 69.2 Å². The molecule has 0 bridgehead atoms. The van der Waals surface area contributed by atoms with E-state index in [0.717, 1.165) is 44.6 Å². The van der Waals surface area contributed by atoms with Gasteiger partial charge in [-0.15, -0.1) is 0 Å². The second-order valence-electron chi connectivity index (χ2n) is 8.13. The summed E-state index contributed by atoms with van der Waals surface area (Å²) in [5.41, 5.74) is -1.13. The fraction of sp³-hybridized carbons (Fsp3) is 0.619. The number of rotatable bonds is 5. The SMILES string of the molecule is O=c1[nH]c(CSC2CCCCC2)nc2cc(NC3CCCC3)cc(C(F)(F)F)c12. The molecule has 2 saturated carbocycles. The van der Waals surface area contributed by atoms with Gasteiger partial charge in [0.25, 0.3) is 5.56 Å². The maximum absolute atomic E-state index is 13.7. The lowest BCUT2D eigenvalue weighted by Crippen LogP contribution is -2.20. The highest BCUT2D eigenvalue weighted by Gasteiger charge is 2.35. The van der Waals surface area contributed by atoms with Crippen molar-refractivity contribution in [3.8, 4) is 0 Å². The van der Waals surface area contributed by atoms with Gasteiger partial charge in [-0.2, -0.15) is 24.9 Å². The Hall–Kier alpha value is -1.70. The van der Waals surface area contributed by atoms with Crippen molar-refractivity contribution in [2.24, 2.45) is 0 Å². The maximum Gasteiger partial charge on any atom is 0.417 e. The zero-order valence-corrected chi connectivity index (χ0v) is 17.1. The van der Waals surface area contributed by atoms with Gasteiger partial charge in [-0.3, -0.25) is 4.79 Å². The molecule has 1 aromatic carbocycles. The molecule has 1 heterocycles. The first-order valence-corrected chi connectivity index (χ1v) is 11.5. The number of nitrogens with one attached hydrogen (secondary N) is 2. The van der Waals surface area contributed by atoms with E-state index in [1.165, 1.54) is 19.3 Å². The first kappa shape index (κ1) is 20.6.